The molecular formula is C19H32IN3O. The smallest absolute Gasteiger partial charge is 0.191 e. The standard InChI is InChI=1S/C19H31N3O.HI/c1-2-20-19(21-13-7-10-16-8-3-4-9-16)22-14-17-11-5-6-12-18(17)15-23;/h5-6,11-12,16,23H,2-4,7-10,13-15H2,1H3,(H2,20,21,22);1H. The molecule has 0 saturated heterocycles. The summed E-state index contributed by atoms with van der Waals surface area (Å²) in [6.45, 7) is 4.57. The van der Waals surface area contributed by atoms with Crippen LogP contribution in [0.4, 0.5) is 0 Å². The molecule has 3 N–H and O–H groups in total. The van der Waals surface area contributed by atoms with Gasteiger partial charge in [0.15, 0.2) is 5.96 Å². The molecule has 1 aromatic rings. The second-order valence-corrected chi connectivity index (χ2v) is 6.34. The first-order chi connectivity index (χ1) is 11.3. The molecule has 0 spiro atoms. The molecule has 0 unspecified atom stereocenters. The molecule has 1 aliphatic rings. The van der Waals surface area contributed by atoms with Gasteiger partial charge in [-0.3, -0.25) is 0 Å². The van der Waals surface area contributed by atoms with Gasteiger partial charge in [-0.25, -0.2) is 4.99 Å². The highest BCUT2D eigenvalue weighted by Gasteiger charge is 2.13. The molecule has 0 aromatic heterocycles. The van der Waals surface area contributed by atoms with E-state index in [1.54, 1.807) is 0 Å². The zero-order valence-corrected chi connectivity index (χ0v) is 17.1. The zero-order chi connectivity index (χ0) is 16.3. The van der Waals surface area contributed by atoms with E-state index in [2.05, 4.69) is 22.5 Å². The lowest BCUT2D eigenvalue weighted by atomic mass is 10.0. The van der Waals surface area contributed by atoms with Gasteiger partial charge in [-0.2, -0.15) is 0 Å². The minimum atomic E-state index is 0. The first kappa shape index (κ1) is 21.2. The van der Waals surface area contributed by atoms with Crippen LogP contribution in [0.3, 0.4) is 0 Å². The number of aliphatic imine (C=N–C) groups is 1. The lowest BCUT2D eigenvalue weighted by Gasteiger charge is -2.13. The lowest BCUT2D eigenvalue weighted by Crippen LogP contribution is -2.37. The molecule has 1 fully saturated rings. The summed E-state index contributed by atoms with van der Waals surface area (Å²) in [5.41, 5.74) is 2.03. The Labute approximate surface area is 163 Å². The van der Waals surface area contributed by atoms with E-state index in [9.17, 15) is 5.11 Å². The topological polar surface area (TPSA) is 56.7 Å². The molecule has 0 atom stereocenters. The van der Waals surface area contributed by atoms with Gasteiger partial charge >= 0.3 is 0 Å². The molecule has 0 bridgehead atoms. The molecule has 136 valence electrons. The second-order valence-electron chi connectivity index (χ2n) is 6.34. The Morgan fingerprint density at radius 2 is 1.88 bits per heavy atom. The van der Waals surface area contributed by atoms with Gasteiger partial charge in [0, 0.05) is 13.1 Å². The summed E-state index contributed by atoms with van der Waals surface area (Å²) in [4.78, 5) is 4.64. The van der Waals surface area contributed by atoms with Crippen molar-refractivity contribution in [1.29, 1.82) is 0 Å². The molecular weight excluding hydrogens is 413 g/mol. The number of hydrogen-bond donors (Lipinski definition) is 3. The van der Waals surface area contributed by atoms with Crippen LogP contribution in [0.1, 0.15) is 56.6 Å². The van der Waals surface area contributed by atoms with E-state index in [0.717, 1.165) is 36.1 Å². The molecule has 5 heteroatoms. The van der Waals surface area contributed by atoms with Gasteiger partial charge in [0.1, 0.15) is 0 Å². The van der Waals surface area contributed by atoms with E-state index in [-0.39, 0.29) is 30.6 Å². The number of rotatable bonds is 8. The fraction of sp³-hybridized carbons (Fsp3) is 0.632. The van der Waals surface area contributed by atoms with E-state index >= 15 is 0 Å². The van der Waals surface area contributed by atoms with Gasteiger partial charge in [0.05, 0.1) is 13.2 Å². The monoisotopic (exact) mass is 445 g/mol. The Kier molecular flexibility index (Phi) is 11.1. The SMILES string of the molecule is CCNC(=NCc1ccccc1CO)NCCCC1CCCC1.I. The third-order valence-corrected chi connectivity index (χ3v) is 4.60. The molecule has 0 radical (unpaired) electrons. The number of benzene rings is 1. The van der Waals surface area contributed by atoms with Crippen LogP contribution in [0, 0.1) is 5.92 Å². The predicted octanol–water partition coefficient (Wildman–Crippen LogP) is 3.82. The number of halogens is 1. The van der Waals surface area contributed by atoms with Crippen molar-refractivity contribution in [3.8, 4) is 0 Å². The Balaban J connectivity index is 0.00000288. The van der Waals surface area contributed by atoms with Crippen LogP contribution >= 0.6 is 24.0 Å². The first-order valence-corrected chi connectivity index (χ1v) is 9.03. The minimum Gasteiger partial charge on any atom is -0.392 e. The van der Waals surface area contributed by atoms with E-state index in [1.165, 1.54) is 38.5 Å². The number of aliphatic hydroxyl groups is 1. The van der Waals surface area contributed by atoms with E-state index in [0.29, 0.717) is 6.54 Å². The van der Waals surface area contributed by atoms with Gasteiger partial charge in [-0.15, -0.1) is 24.0 Å². The fourth-order valence-electron chi connectivity index (χ4n) is 3.27. The van der Waals surface area contributed by atoms with Gasteiger partial charge in [-0.05, 0) is 36.8 Å². The van der Waals surface area contributed by atoms with Gasteiger partial charge in [0.25, 0.3) is 0 Å². The van der Waals surface area contributed by atoms with Crippen molar-refractivity contribution in [3.05, 3.63) is 35.4 Å². The van der Waals surface area contributed by atoms with Crippen molar-refractivity contribution in [1.82, 2.24) is 10.6 Å². The molecule has 2 rings (SSSR count). The van der Waals surface area contributed by atoms with E-state index in [4.69, 9.17) is 0 Å². The lowest BCUT2D eigenvalue weighted by molar-refractivity contribution is 0.280. The fourth-order valence-corrected chi connectivity index (χ4v) is 3.27. The van der Waals surface area contributed by atoms with E-state index < -0.39 is 0 Å². The number of guanidine groups is 1. The normalized spacial score (nSPS) is 15.2. The molecule has 24 heavy (non-hydrogen) atoms. The molecule has 1 aromatic carbocycles. The largest absolute Gasteiger partial charge is 0.392 e. The number of aliphatic hydroxyl groups excluding tert-OH is 1. The molecule has 4 nitrogen and oxygen atoms in total. The summed E-state index contributed by atoms with van der Waals surface area (Å²) in [7, 11) is 0. The summed E-state index contributed by atoms with van der Waals surface area (Å²) in [6, 6.07) is 7.92. The molecule has 1 saturated carbocycles. The summed E-state index contributed by atoms with van der Waals surface area (Å²) >= 11 is 0. The summed E-state index contributed by atoms with van der Waals surface area (Å²) < 4.78 is 0. The zero-order valence-electron chi connectivity index (χ0n) is 14.8. The molecule has 0 aliphatic heterocycles. The highest BCUT2D eigenvalue weighted by molar-refractivity contribution is 14.0. The summed E-state index contributed by atoms with van der Waals surface area (Å²) in [5, 5.41) is 16.1. The average molecular weight is 445 g/mol. The first-order valence-electron chi connectivity index (χ1n) is 9.03. The highest BCUT2D eigenvalue weighted by Crippen LogP contribution is 2.28. The van der Waals surface area contributed by atoms with Crippen molar-refractivity contribution in [3.63, 3.8) is 0 Å². The van der Waals surface area contributed by atoms with Gasteiger partial charge in [-0.1, -0.05) is 49.9 Å². The average Bonchev–Trinajstić information content (AvgIpc) is 3.10. The maximum Gasteiger partial charge on any atom is 0.191 e. The Bertz CT molecular complexity index is 487. The Morgan fingerprint density at radius 3 is 2.54 bits per heavy atom. The number of nitrogens with one attached hydrogen (secondary N) is 2. The Morgan fingerprint density at radius 1 is 1.17 bits per heavy atom. The number of nitrogens with zero attached hydrogens (tertiary/aromatic N) is 1. The van der Waals surface area contributed by atoms with Crippen molar-refractivity contribution < 1.29 is 5.11 Å². The molecule has 1 aliphatic carbocycles. The van der Waals surface area contributed by atoms with Crippen LogP contribution in [0.25, 0.3) is 0 Å². The summed E-state index contributed by atoms with van der Waals surface area (Å²) in [6.07, 6.45) is 8.24. The van der Waals surface area contributed by atoms with Crippen molar-refractivity contribution >= 4 is 29.9 Å². The van der Waals surface area contributed by atoms with Crippen molar-refractivity contribution in [2.24, 2.45) is 10.9 Å². The van der Waals surface area contributed by atoms with Crippen LogP contribution in [0.2, 0.25) is 0 Å². The maximum atomic E-state index is 9.38. The second kappa shape index (κ2) is 12.5. The summed E-state index contributed by atoms with van der Waals surface area (Å²) in [5.74, 6) is 1.82. The third-order valence-electron chi connectivity index (χ3n) is 4.60. The minimum absolute atomic E-state index is 0. The van der Waals surface area contributed by atoms with Crippen LogP contribution in [-0.4, -0.2) is 24.2 Å². The van der Waals surface area contributed by atoms with Gasteiger partial charge in [0.2, 0.25) is 0 Å². The van der Waals surface area contributed by atoms with Crippen LogP contribution in [-0.2, 0) is 13.2 Å². The van der Waals surface area contributed by atoms with Crippen molar-refractivity contribution in [2.45, 2.75) is 58.6 Å². The van der Waals surface area contributed by atoms with E-state index in [1.807, 2.05) is 24.3 Å². The third kappa shape index (κ3) is 7.38. The Hall–Kier alpha value is -0.820. The molecule has 0 heterocycles. The highest BCUT2D eigenvalue weighted by atomic mass is 127. The van der Waals surface area contributed by atoms with Crippen LogP contribution in [0.15, 0.2) is 29.3 Å². The predicted molar refractivity (Wildman–Crippen MR) is 112 cm³/mol. The maximum absolute atomic E-state index is 9.38. The van der Waals surface area contributed by atoms with Crippen LogP contribution in [0.5, 0.6) is 0 Å². The molecule has 0 amide bonds. The quantitative estimate of drug-likeness (QED) is 0.247. The number of hydrogen-bond acceptors (Lipinski definition) is 2. The van der Waals surface area contributed by atoms with Crippen LogP contribution < -0.4 is 10.6 Å². The van der Waals surface area contributed by atoms with Gasteiger partial charge < -0.3 is 15.7 Å². The van der Waals surface area contributed by atoms with Crippen molar-refractivity contribution in [2.75, 3.05) is 13.1 Å².